The predicted octanol–water partition coefficient (Wildman–Crippen LogP) is 5.46. The molecule has 0 saturated carbocycles. The van der Waals surface area contributed by atoms with Crippen LogP contribution in [0.2, 0.25) is 5.02 Å². The van der Waals surface area contributed by atoms with Gasteiger partial charge in [-0.1, -0.05) is 48.0 Å². The van der Waals surface area contributed by atoms with Crippen LogP contribution in [0.15, 0.2) is 66.9 Å². The van der Waals surface area contributed by atoms with Crippen molar-refractivity contribution in [3.05, 3.63) is 87.9 Å². The van der Waals surface area contributed by atoms with Crippen LogP contribution in [0.25, 0.3) is 21.3 Å². The first-order valence-electron chi connectivity index (χ1n) is 12.0. The summed E-state index contributed by atoms with van der Waals surface area (Å²) in [5, 5.41) is 10.8. The van der Waals surface area contributed by atoms with Crippen molar-refractivity contribution < 1.29 is 21.9 Å². The molecule has 0 spiro atoms. The Balaban J connectivity index is 0.00000353. The zero-order chi connectivity index (χ0) is 27.3. The molecule has 4 aromatic rings. The lowest BCUT2D eigenvalue weighted by Crippen LogP contribution is -2.37. The number of halogens is 2. The number of benzene rings is 2. The van der Waals surface area contributed by atoms with Crippen LogP contribution in [0.4, 0.5) is 0 Å². The van der Waals surface area contributed by atoms with Crippen molar-refractivity contribution in [1.82, 2.24) is 9.71 Å². The number of nitrogens with one attached hydrogen (secondary N) is 1. The van der Waals surface area contributed by atoms with E-state index in [4.69, 9.17) is 11.6 Å². The maximum atomic E-state index is 13.4. The highest BCUT2D eigenvalue weighted by molar-refractivity contribution is 7.95. The molecule has 3 heterocycles. The smallest absolute Gasteiger partial charge is 0.216 e. The molecule has 0 aliphatic carbocycles. The lowest BCUT2D eigenvalue weighted by atomic mass is 9.97. The number of rotatable bonds is 7. The van der Waals surface area contributed by atoms with Gasteiger partial charge in [0.2, 0.25) is 10.0 Å². The molecule has 7 nitrogen and oxygen atoms in total. The minimum absolute atomic E-state index is 0. The van der Waals surface area contributed by atoms with Crippen LogP contribution in [0.5, 0.6) is 0 Å². The summed E-state index contributed by atoms with van der Waals surface area (Å²) in [5.74, 6) is -0.532. The van der Waals surface area contributed by atoms with E-state index in [0.29, 0.717) is 21.2 Å². The highest BCUT2D eigenvalue weighted by atomic mass is 35.5. The van der Waals surface area contributed by atoms with Crippen LogP contribution in [0.3, 0.4) is 0 Å². The van der Waals surface area contributed by atoms with E-state index in [1.54, 1.807) is 50.4 Å². The molecule has 39 heavy (non-hydrogen) atoms. The minimum atomic E-state index is -3.99. The summed E-state index contributed by atoms with van der Waals surface area (Å²) >= 11 is 7.95. The van der Waals surface area contributed by atoms with Crippen LogP contribution < -0.4 is 4.72 Å². The lowest BCUT2D eigenvalue weighted by Gasteiger charge is -2.21. The quantitative estimate of drug-likeness (QED) is 0.281. The first-order valence-corrected chi connectivity index (χ1v) is 16.6. The number of hydrogen-bond acceptors (Lipinski definition) is 7. The zero-order valence-electron chi connectivity index (χ0n) is 21.2. The number of fused-ring (bicyclic) bond motifs is 1. The molecule has 2 aromatic carbocycles. The topological polar surface area (TPSA) is 113 Å². The van der Waals surface area contributed by atoms with Gasteiger partial charge in [0.1, 0.15) is 0 Å². The first-order chi connectivity index (χ1) is 17.8. The fraction of sp³-hybridized carbons (Fsp3) is 0.296. The van der Waals surface area contributed by atoms with Crippen LogP contribution in [-0.2, 0) is 25.5 Å². The molecule has 1 aliphatic heterocycles. The van der Waals surface area contributed by atoms with Gasteiger partial charge in [-0.2, -0.15) is 0 Å². The second kappa shape index (κ2) is 11.1. The third-order valence-electron chi connectivity index (χ3n) is 6.72. The molecule has 1 aliphatic rings. The Bertz CT molecular complexity index is 1730. The summed E-state index contributed by atoms with van der Waals surface area (Å²) in [6.45, 7) is 3.43. The van der Waals surface area contributed by atoms with Gasteiger partial charge in [-0.05, 0) is 61.0 Å². The van der Waals surface area contributed by atoms with E-state index in [1.165, 1.54) is 11.3 Å². The number of pyridine rings is 1. The Labute approximate surface area is 243 Å². The highest BCUT2D eigenvalue weighted by Crippen LogP contribution is 2.40. The van der Waals surface area contributed by atoms with Gasteiger partial charge in [0, 0.05) is 26.4 Å². The Morgan fingerprint density at radius 3 is 2.54 bits per heavy atom. The van der Waals surface area contributed by atoms with Crippen LogP contribution in [0.1, 0.15) is 42.3 Å². The van der Waals surface area contributed by atoms with E-state index in [-0.39, 0.29) is 24.6 Å². The molecule has 208 valence electrons. The molecule has 12 heteroatoms. The SMILES string of the molecule is CC(C)(O)c1ccnc(-c2cccc3cc([C@H](NS(=O)(=O)[C@H]4CCS(=O)(=O)C4)c4ccccc4Cl)sc23)c1.Cl. The van der Waals surface area contributed by atoms with E-state index >= 15 is 0 Å². The average molecular weight is 628 g/mol. The van der Waals surface area contributed by atoms with E-state index in [0.717, 1.165) is 21.2 Å². The summed E-state index contributed by atoms with van der Waals surface area (Å²) < 4.78 is 54.5. The largest absolute Gasteiger partial charge is 0.386 e. The third-order valence-corrected chi connectivity index (χ3v) is 12.1. The van der Waals surface area contributed by atoms with E-state index in [1.807, 2.05) is 30.3 Å². The number of sulfone groups is 1. The van der Waals surface area contributed by atoms with Gasteiger partial charge >= 0.3 is 0 Å². The minimum Gasteiger partial charge on any atom is -0.386 e. The Morgan fingerprint density at radius 1 is 1.13 bits per heavy atom. The predicted molar refractivity (Wildman–Crippen MR) is 160 cm³/mol. The van der Waals surface area contributed by atoms with Crippen LogP contribution >= 0.6 is 35.3 Å². The van der Waals surface area contributed by atoms with Crippen molar-refractivity contribution in [2.45, 2.75) is 37.2 Å². The van der Waals surface area contributed by atoms with E-state index < -0.39 is 42.5 Å². The normalized spacial score (nSPS) is 18.1. The molecule has 2 atom stereocenters. The summed E-state index contributed by atoms with van der Waals surface area (Å²) in [6, 6.07) is 17.5. The molecule has 2 N–H and O–H groups in total. The fourth-order valence-electron chi connectivity index (χ4n) is 4.64. The number of hydrogen-bond donors (Lipinski definition) is 2. The molecule has 0 bridgehead atoms. The second-order valence-corrected chi connectivity index (χ2v) is 15.7. The second-order valence-electron chi connectivity index (χ2n) is 10.0. The van der Waals surface area contributed by atoms with Gasteiger partial charge in [0.15, 0.2) is 9.84 Å². The lowest BCUT2D eigenvalue weighted by molar-refractivity contribution is 0.0785. The third kappa shape index (κ3) is 6.32. The molecule has 1 fully saturated rings. The molecule has 0 radical (unpaired) electrons. The summed E-state index contributed by atoms with van der Waals surface area (Å²) in [7, 11) is -7.38. The van der Waals surface area contributed by atoms with Crippen LogP contribution in [0, 0.1) is 0 Å². The number of aliphatic hydroxyl groups is 1. The molecular weight excluding hydrogens is 599 g/mol. The standard InChI is InChI=1S/C27H27ClN2O5S3.ClH/c1-27(2,31)18-10-12-29-23(15-18)21-8-5-6-17-14-24(36-26(17)21)25(20-7-3-4-9-22(20)28)30-38(34,35)19-11-13-37(32,33)16-19;/h3-10,12,14-15,19,25,30-31H,11,13,16H2,1-2H3;1H/t19-,25+;/m0./s1. The van der Waals surface area contributed by atoms with Crippen molar-refractivity contribution in [3.8, 4) is 11.3 Å². The molecule has 2 aromatic heterocycles. The number of thiophene rings is 1. The Morgan fingerprint density at radius 2 is 1.87 bits per heavy atom. The maximum Gasteiger partial charge on any atom is 0.216 e. The molecule has 5 rings (SSSR count). The average Bonchev–Trinajstić information content (AvgIpc) is 3.46. The molecular formula is C27H28Cl2N2O5S3. The summed E-state index contributed by atoms with van der Waals surface area (Å²) in [5.41, 5.74) is 1.81. The Hall–Kier alpha value is -2.05. The van der Waals surface area contributed by atoms with Crippen molar-refractivity contribution >= 4 is 65.3 Å². The Kier molecular flexibility index (Phi) is 8.50. The van der Waals surface area contributed by atoms with E-state index in [2.05, 4.69) is 9.71 Å². The van der Waals surface area contributed by atoms with Gasteiger partial charge in [-0.25, -0.2) is 21.6 Å². The van der Waals surface area contributed by atoms with Crippen molar-refractivity contribution in [1.29, 1.82) is 0 Å². The van der Waals surface area contributed by atoms with Crippen molar-refractivity contribution in [2.75, 3.05) is 11.5 Å². The van der Waals surface area contributed by atoms with Gasteiger partial charge in [-0.15, -0.1) is 23.7 Å². The van der Waals surface area contributed by atoms with Gasteiger partial charge in [0.05, 0.1) is 34.1 Å². The van der Waals surface area contributed by atoms with Gasteiger partial charge in [-0.3, -0.25) is 4.98 Å². The van der Waals surface area contributed by atoms with Gasteiger partial charge < -0.3 is 5.11 Å². The van der Waals surface area contributed by atoms with E-state index in [9.17, 15) is 21.9 Å². The number of aromatic nitrogens is 1. The highest BCUT2D eigenvalue weighted by Gasteiger charge is 2.39. The summed E-state index contributed by atoms with van der Waals surface area (Å²) in [6.07, 6.45) is 1.72. The monoisotopic (exact) mass is 626 g/mol. The van der Waals surface area contributed by atoms with Crippen molar-refractivity contribution in [3.63, 3.8) is 0 Å². The van der Waals surface area contributed by atoms with Crippen molar-refractivity contribution in [2.24, 2.45) is 0 Å². The molecule has 1 saturated heterocycles. The summed E-state index contributed by atoms with van der Waals surface area (Å²) in [4.78, 5) is 5.24. The maximum absolute atomic E-state index is 13.4. The molecule has 0 amide bonds. The first kappa shape index (κ1) is 29.9. The van der Waals surface area contributed by atoms with Crippen LogP contribution in [-0.4, -0.2) is 43.7 Å². The zero-order valence-corrected chi connectivity index (χ0v) is 25.2. The molecule has 0 unspecified atom stereocenters. The van der Waals surface area contributed by atoms with Gasteiger partial charge in [0.25, 0.3) is 0 Å². The fourth-order valence-corrected chi connectivity index (χ4v) is 10.4. The number of nitrogens with zero attached hydrogens (tertiary/aromatic N) is 1. The number of sulfonamides is 1.